The fourth-order valence-corrected chi connectivity index (χ4v) is 3.74. The third-order valence-corrected chi connectivity index (χ3v) is 5.20. The average molecular weight is 278 g/mol. The Balaban J connectivity index is 1.77. The van der Waals surface area contributed by atoms with Gasteiger partial charge in [-0.1, -0.05) is 13.8 Å². The number of nitrogens with one attached hydrogen (secondary N) is 2. The van der Waals surface area contributed by atoms with Crippen LogP contribution in [0.3, 0.4) is 0 Å². The Morgan fingerprint density at radius 1 is 1.65 bits per heavy atom. The summed E-state index contributed by atoms with van der Waals surface area (Å²) in [5.41, 5.74) is 6.24. The predicted molar refractivity (Wildman–Crippen MR) is 73.7 cm³/mol. The Morgan fingerprint density at radius 3 is 3.05 bits per heavy atom. The van der Waals surface area contributed by atoms with Crippen molar-refractivity contribution in [2.45, 2.75) is 44.9 Å². The number of ether oxygens (including phenoxy) is 1. The van der Waals surface area contributed by atoms with Gasteiger partial charge in [0.1, 0.15) is 5.54 Å². The summed E-state index contributed by atoms with van der Waals surface area (Å²) in [4.78, 5) is 12.7. The number of carbonyl (C=O) groups excluding carboxylic acids is 1. The van der Waals surface area contributed by atoms with Crippen LogP contribution in [0.2, 0.25) is 0 Å². The molecule has 110 valence electrons. The van der Waals surface area contributed by atoms with Crippen molar-refractivity contribution >= 4 is 5.91 Å². The lowest BCUT2D eigenvalue weighted by Gasteiger charge is -2.60. The van der Waals surface area contributed by atoms with Crippen LogP contribution in [0.1, 0.15) is 38.8 Å². The molecule has 0 bridgehead atoms. The van der Waals surface area contributed by atoms with E-state index in [1.807, 2.05) is 20.8 Å². The summed E-state index contributed by atoms with van der Waals surface area (Å²) >= 11 is 0. The molecule has 1 aromatic heterocycles. The van der Waals surface area contributed by atoms with Crippen LogP contribution in [0.4, 0.5) is 0 Å². The van der Waals surface area contributed by atoms with E-state index in [9.17, 15) is 4.79 Å². The van der Waals surface area contributed by atoms with Crippen LogP contribution in [0, 0.1) is 11.3 Å². The molecule has 2 aliphatic rings. The molecule has 1 aromatic rings. The maximum Gasteiger partial charge on any atom is 0.241 e. The minimum Gasteiger partial charge on any atom is -0.377 e. The molecule has 1 saturated heterocycles. The van der Waals surface area contributed by atoms with Gasteiger partial charge in [-0.3, -0.25) is 9.89 Å². The van der Waals surface area contributed by atoms with Gasteiger partial charge < -0.3 is 15.8 Å². The van der Waals surface area contributed by atoms with Gasteiger partial charge in [0, 0.05) is 29.7 Å². The Hall–Kier alpha value is -1.40. The number of H-pyrrole nitrogens is 1. The molecule has 4 atom stereocenters. The minimum absolute atomic E-state index is 0.0945. The van der Waals surface area contributed by atoms with Crippen molar-refractivity contribution < 1.29 is 9.53 Å². The first kappa shape index (κ1) is 13.6. The molecular weight excluding hydrogens is 256 g/mol. The van der Waals surface area contributed by atoms with Crippen molar-refractivity contribution in [2.75, 3.05) is 6.61 Å². The number of carbonyl (C=O) groups is 1. The van der Waals surface area contributed by atoms with Crippen molar-refractivity contribution in [3.8, 4) is 0 Å². The van der Waals surface area contributed by atoms with Crippen LogP contribution in [-0.2, 0) is 9.53 Å². The van der Waals surface area contributed by atoms with E-state index in [1.54, 1.807) is 12.4 Å². The van der Waals surface area contributed by atoms with Crippen molar-refractivity contribution in [3.63, 3.8) is 0 Å². The molecule has 4 unspecified atom stereocenters. The molecule has 2 fully saturated rings. The zero-order valence-corrected chi connectivity index (χ0v) is 12.1. The van der Waals surface area contributed by atoms with Gasteiger partial charge >= 0.3 is 0 Å². The van der Waals surface area contributed by atoms with Crippen LogP contribution >= 0.6 is 0 Å². The van der Waals surface area contributed by atoms with Crippen molar-refractivity contribution in [2.24, 2.45) is 17.1 Å². The zero-order chi connectivity index (χ0) is 14.5. The fraction of sp³-hybridized carbons (Fsp3) is 0.714. The summed E-state index contributed by atoms with van der Waals surface area (Å²) in [6.45, 7) is 6.66. The first-order chi connectivity index (χ1) is 9.39. The Labute approximate surface area is 118 Å². The lowest BCUT2D eigenvalue weighted by atomic mass is 9.48. The Morgan fingerprint density at radius 2 is 2.40 bits per heavy atom. The van der Waals surface area contributed by atoms with E-state index in [2.05, 4.69) is 15.5 Å². The third-order valence-electron chi connectivity index (χ3n) is 5.20. The second kappa shape index (κ2) is 4.30. The minimum atomic E-state index is -0.855. The highest BCUT2D eigenvalue weighted by Gasteiger charge is 2.71. The van der Waals surface area contributed by atoms with Crippen molar-refractivity contribution in [1.82, 2.24) is 15.5 Å². The van der Waals surface area contributed by atoms with E-state index in [0.717, 1.165) is 12.0 Å². The van der Waals surface area contributed by atoms with Crippen molar-refractivity contribution in [3.05, 3.63) is 18.0 Å². The van der Waals surface area contributed by atoms with Gasteiger partial charge in [0.2, 0.25) is 5.91 Å². The maximum absolute atomic E-state index is 12.7. The van der Waals surface area contributed by atoms with Gasteiger partial charge in [0.25, 0.3) is 0 Å². The monoisotopic (exact) mass is 278 g/mol. The molecule has 0 spiro atoms. The van der Waals surface area contributed by atoms with Crippen LogP contribution < -0.4 is 11.1 Å². The summed E-state index contributed by atoms with van der Waals surface area (Å²) in [6.07, 6.45) is 4.45. The Bertz CT molecular complexity index is 513. The van der Waals surface area contributed by atoms with Gasteiger partial charge in [-0.05, 0) is 13.3 Å². The standard InChI is InChI=1S/C14H22N4O2/c1-8(9-6-16-17-7-9)18-12(19)14(15)10-4-5-20-11(10)13(14,2)3/h6-8,10-11H,4-5,15H2,1-3H3,(H,16,17)(H,18,19). The molecule has 3 rings (SSSR count). The summed E-state index contributed by atoms with van der Waals surface area (Å²) in [5.74, 6) is 0.0250. The van der Waals surface area contributed by atoms with Gasteiger partial charge in [0.15, 0.2) is 0 Å². The summed E-state index contributed by atoms with van der Waals surface area (Å²) in [6, 6.07) is -0.112. The van der Waals surface area contributed by atoms with E-state index in [-0.39, 0.29) is 29.4 Å². The Kier molecular flexibility index (Phi) is 2.92. The van der Waals surface area contributed by atoms with Gasteiger partial charge in [-0.25, -0.2) is 0 Å². The molecule has 4 N–H and O–H groups in total. The summed E-state index contributed by atoms with van der Waals surface area (Å²) in [7, 11) is 0. The van der Waals surface area contributed by atoms with Crippen LogP contribution in [0.15, 0.2) is 12.4 Å². The van der Waals surface area contributed by atoms with Gasteiger partial charge in [-0.2, -0.15) is 5.10 Å². The van der Waals surface area contributed by atoms with Crippen LogP contribution in [0.5, 0.6) is 0 Å². The van der Waals surface area contributed by atoms with Crippen molar-refractivity contribution in [1.29, 1.82) is 0 Å². The van der Waals surface area contributed by atoms with E-state index < -0.39 is 5.54 Å². The molecule has 1 aliphatic heterocycles. The first-order valence-electron chi connectivity index (χ1n) is 7.09. The normalized spacial score (nSPS) is 36.0. The summed E-state index contributed by atoms with van der Waals surface area (Å²) < 4.78 is 5.71. The number of aromatic nitrogens is 2. The number of amides is 1. The van der Waals surface area contributed by atoms with Gasteiger partial charge in [-0.15, -0.1) is 0 Å². The molecule has 0 radical (unpaired) electrons. The number of nitrogens with zero attached hydrogens (tertiary/aromatic N) is 1. The number of hydrogen-bond acceptors (Lipinski definition) is 4. The largest absolute Gasteiger partial charge is 0.377 e. The quantitative estimate of drug-likeness (QED) is 0.760. The van der Waals surface area contributed by atoms with Crippen LogP contribution in [0.25, 0.3) is 0 Å². The van der Waals surface area contributed by atoms with Crippen LogP contribution in [-0.4, -0.2) is 34.4 Å². The number of hydrogen-bond donors (Lipinski definition) is 3. The highest BCUT2D eigenvalue weighted by Crippen LogP contribution is 2.58. The molecule has 6 nitrogen and oxygen atoms in total. The molecule has 1 saturated carbocycles. The molecule has 1 amide bonds. The fourth-order valence-electron chi connectivity index (χ4n) is 3.74. The summed E-state index contributed by atoms with van der Waals surface area (Å²) in [5, 5.41) is 9.67. The lowest BCUT2D eigenvalue weighted by Crippen LogP contribution is -2.80. The second-order valence-electron chi connectivity index (χ2n) is 6.50. The molecule has 6 heteroatoms. The van der Waals surface area contributed by atoms with E-state index in [1.165, 1.54) is 0 Å². The molecule has 20 heavy (non-hydrogen) atoms. The van der Waals surface area contributed by atoms with E-state index in [0.29, 0.717) is 6.61 Å². The molecule has 1 aliphatic carbocycles. The number of nitrogens with two attached hydrogens (primary N) is 1. The predicted octanol–water partition coefficient (Wildman–Crippen LogP) is 0.729. The second-order valence-corrected chi connectivity index (χ2v) is 6.50. The zero-order valence-electron chi connectivity index (χ0n) is 12.1. The highest BCUT2D eigenvalue weighted by molar-refractivity contribution is 5.89. The molecule has 0 aromatic carbocycles. The SMILES string of the molecule is CC(NC(=O)C1(N)C2CCOC2C1(C)C)c1cn[nH]c1. The van der Waals surface area contributed by atoms with Gasteiger partial charge in [0.05, 0.1) is 18.3 Å². The first-order valence-corrected chi connectivity index (χ1v) is 7.09. The average Bonchev–Trinajstić information content (AvgIpc) is 3.07. The topological polar surface area (TPSA) is 93.0 Å². The van der Waals surface area contributed by atoms with E-state index >= 15 is 0 Å². The highest BCUT2D eigenvalue weighted by atomic mass is 16.5. The maximum atomic E-state index is 12.7. The van der Waals surface area contributed by atoms with E-state index in [4.69, 9.17) is 10.5 Å². The third kappa shape index (κ3) is 1.58. The number of aromatic amines is 1. The lowest BCUT2D eigenvalue weighted by molar-refractivity contribution is -0.175. The number of rotatable bonds is 3. The number of fused-ring (bicyclic) bond motifs is 1. The molecular formula is C14H22N4O2. The smallest absolute Gasteiger partial charge is 0.241 e. The molecule has 2 heterocycles.